The third-order valence-corrected chi connectivity index (χ3v) is 2.17. The normalized spacial score (nSPS) is 10.5. The van der Waals surface area contributed by atoms with Gasteiger partial charge < -0.3 is 10.8 Å². The molecule has 2 heterocycles. The highest BCUT2D eigenvalue weighted by Gasteiger charge is 2.11. The van der Waals surface area contributed by atoms with Gasteiger partial charge in [0.1, 0.15) is 5.75 Å². The maximum atomic E-state index is 9.33. The van der Waals surface area contributed by atoms with Gasteiger partial charge >= 0.3 is 0 Å². The van der Waals surface area contributed by atoms with Crippen LogP contribution in [0.25, 0.3) is 11.4 Å². The quantitative estimate of drug-likeness (QED) is 0.706. The van der Waals surface area contributed by atoms with E-state index in [4.69, 9.17) is 5.73 Å². The number of nitrogens with two attached hydrogens (primary N) is 1. The minimum Gasteiger partial charge on any atom is -0.506 e. The lowest BCUT2D eigenvalue weighted by Gasteiger charge is -2.01. The Morgan fingerprint density at radius 1 is 1.40 bits per heavy atom. The van der Waals surface area contributed by atoms with Crippen molar-refractivity contribution in [1.82, 2.24) is 20.0 Å². The Balaban J connectivity index is 2.55. The van der Waals surface area contributed by atoms with Crippen molar-refractivity contribution in [3.8, 4) is 17.1 Å². The zero-order valence-corrected chi connectivity index (χ0v) is 8.47. The van der Waals surface area contributed by atoms with E-state index >= 15 is 0 Å². The fraction of sp³-hybridized carbons (Fsp3) is 0.222. The minimum absolute atomic E-state index is 0.154. The average molecular weight is 205 g/mol. The first-order valence-electron chi connectivity index (χ1n) is 4.41. The molecule has 0 unspecified atom stereocenters. The molecule has 0 aromatic carbocycles. The topological polar surface area (TPSA) is 89.9 Å². The SMILES string of the molecule is Cc1nc(-c2nnn(C)c2N)ccc1O. The molecule has 0 aliphatic carbocycles. The van der Waals surface area contributed by atoms with Crippen LogP contribution in [0.4, 0.5) is 5.82 Å². The van der Waals surface area contributed by atoms with Gasteiger partial charge in [-0.05, 0) is 19.1 Å². The number of aromatic nitrogens is 4. The van der Waals surface area contributed by atoms with Gasteiger partial charge in [-0.1, -0.05) is 5.21 Å². The molecule has 0 atom stereocenters. The Morgan fingerprint density at radius 2 is 2.13 bits per heavy atom. The van der Waals surface area contributed by atoms with E-state index in [0.717, 1.165) is 0 Å². The Kier molecular flexibility index (Phi) is 2.03. The molecule has 0 aliphatic rings. The third-order valence-electron chi connectivity index (χ3n) is 2.17. The van der Waals surface area contributed by atoms with Crippen molar-refractivity contribution in [3.63, 3.8) is 0 Å². The van der Waals surface area contributed by atoms with E-state index in [9.17, 15) is 5.11 Å². The lowest BCUT2D eigenvalue weighted by molar-refractivity contribution is 0.468. The van der Waals surface area contributed by atoms with Gasteiger partial charge in [0.2, 0.25) is 0 Å². The predicted octanol–water partition coefficient (Wildman–Crippen LogP) is 0.473. The molecule has 0 fully saturated rings. The first kappa shape index (κ1) is 9.45. The summed E-state index contributed by atoms with van der Waals surface area (Å²) in [6.07, 6.45) is 0. The summed E-state index contributed by atoms with van der Waals surface area (Å²) in [7, 11) is 1.71. The van der Waals surface area contributed by atoms with E-state index < -0.39 is 0 Å². The molecule has 0 radical (unpaired) electrons. The zero-order chi connectivity index (χ0) is 11.0. The molecule has 0 saturated carbocycles. The van der Waals surface area contributed by atoms with E-state index in [2.05, 4.69) is 15.3 Å². The summed E-state index contributed by atoms with van der Waals surface area (Å²) in [4.78, 5) is 4.17. The Morgan fingerprint density at radius 3 is 2.67 bits per heavy atom. The molecule has 0 amide bonds. The second-order valence-corrected chi connectivity index (χ2v) is 3.25. The molecule has 0 aliphatic heterocycles. The van der Waals surface area contributed by atoms with E-state index in [1.807, 2.05) is 0 Å². The Bertz CT molecular complexity index is 505. The third kappa shape index (κ3) is 1.50. The van der Waals surface area contributed by atoms with Crippen LogP contribution >= 0.6 is 0 Å². The van der Waals surface area contributed by atoms with Crippen LogP contribution in [0.2, 0.25) is 0 Å². The van der Waals surface area contributed by atoms with Crippen LogP contribution in [0.5, 0.6) is 5.75 Å². The number of aromatic hydroxyl groups is 1. The van der Waals surface area contributed by atoms with Gasteiger partial charge in [-0.25, -0.2) is 9.67 Å². The molecule has 78 valence electrons. The second-order valence-electron chi connectivity index (χ2n) is 3.25. The van der Waals surface area contributed by atoms with Gasteiger partial charge in [-0.2, -0.15) is 0 Å². The summed E-state index contributed by atoms with van der Waals surface area (Å²) in [5.41, 5.74) is 7.43. The molecule has 2 aromatic heterocycles. The van der Waals surface area contributed by atoms with Gasteiger partial charge in [0.15, 0.2) is 11.5 Å². The monoisotopic (exact) mass is 205 g/mol. The molecular weight excluding hydrogens is 194 g/mol. The maximum absolute atomic E-state index is 9.33. The van der Waals surface area contributed by atoms with Crippen LogP contribution in [-0.2, 0) is 7.05 Å². The summed E-state index contributed by atoms with van der Waals surface area (Å²) < 4.78 is 1.47. The lowest BCUT2D eigenvalue weighted by Crippen LogP contribution is -1.98. The molecule has 6 nitrogen and oxygen atoms in total. The van der Waals surface area contributed by atoms with Crippen LogP contribution in [0, 0.1) is 6.92 Å². The van der Waals surface area contributed by atoms with Crippen molar-refractivity contribution >= 4 is 5.82 Å². The van der Waals surface area contributed by atoms with Crippen LogP contribution in [-0.4, -0.2) is 25.1 Å². The number of anilines is 1. The summed E-state index contributed by atoms with van der Waals surface area (Å²) in [5.74, 6) is 0.605. The van der Waals surface area contributed by atoms with Gasteiger partial charge in [0.25, 0.3) is 0 Å². The van der Waals surface area contributed by atoms with Gasteiger partial charge in [0, 0.05) is 7.05 Å². The molecule has 0 spiro atoms. The summed E-state index contributed by atoms with van der Waals surface area (Å²) in [6, 6.07) is 3.22. The Hall–Kier alpha value is -2.11. The average Bonchev–Trinajstić information content (AvgIpc) is 2.53. The van der Waals surface area contributed by atoms with Crippen molar-refractivity contribution in [2.45, 2.75) is 6.92 Å². The summed E-state index contributed by atoms with van der Waals surface area (Å²) in [6.45, 7) is 1.71. The van der Waals surface area contributed by atoms with Gasteiger partial charge in [-0.15, -0.1) is 5.10 Å². The number of hydrogen-bond acceptors (Lipinski definition) is 5. The number of rotatable bonds is 1. The summed E-state index contributed by atoms with van der Waals surface area (Å²) in [5, 5.41) is 17.0. The molecule has 2 rings (SSSR count). The van der Waals surface area contributed by atoms with E-state index in [0.29, 0.717) is 22.9 Å². The molecular formula is C9H11N5O. The highest BCUT2D eigenvalue weighted by molar-refractivity contribution is 5.66. The van der Waals surface area contributed by atoms with Crippen molar-refractivity contribution in [1.29, 1.82) is 0 Å². The van der Waals surface area contributed by atoms with Crippen molar-refractivity contribution in [2.24, 2.45) is 7.05 Å². The first-order chi connectivity index (χ1) is 7.09. The zero-order valence-electron chi connectivity index (χ0n) is 8.47. The lowest BCUT2D eigenvalue weighted by atomic mass is 10.2. The maximum Gasteiger partial charge on any atom is 0.155 e. The highest BCUT2D eigenvalue weighted by atomic mass is 16.3. The molecule has 6 heteroatoms. The van der Waals surface area contributed by atoms with E-state index in [1.165, 1.54) is 4.68 Å². The fourth-order valence-electron chi connectivity index (χ4n) is 1.23. The van der Waals surface area contributed by atoms with Crippen LogP contribution in [0.3, 0.4) is 0 Å². The molecule has 0 saturated heterocycles. The van der Waals surface area contributed by atoms with Gasteiger partial charge in [-0.3, -0.25) is 0 Å². The Labute approximate surface area is 86.4 Å². The van der Waals surface area contributed by atoms with Gasteiger partial charge in [0.05, 0.1) is 11.4 Å². The second kappa shape index (κ2) is 3.23. The molecule has 0 bridgehead atoms. The largest absolute Gasteiger partial charge is 0.506 e. The first-order valence-corrected chi connectivity index (χ1v) is 4.41. The predicted molar refractivity (Wildman–Crippen MR) is 55.0 cm³/mol. The smallest absolute Gasteiger partial charge is 0.155 e. The van der Waals surface area contributed by atoms with E-state index in [-0.39, 0.29) is 5.75 Å². The van der Waals surface area contributed by atoms with Crippen LogP contribution in [0.15, 0.2) is 12.1 Å². The fourth-order valence-corrected chi connectivity index (χ4v) is 1.23. The van der Waals surface area contributed by atoms with Crippen LogP contribution < -0.4 is 5.73 Å². The van der Waals surface area contributed by atoms with Crippen molar-refractivity contribution < 1.29 is 5.11 Å². The summed E-state index contributed by atoms with van der Waals surface area (Å²) >= 11 is 0. The molecule has 15 heavy (non-hydrogen) atoms. The standard InChI is InChI=1S/C9H11N5O/c1-5-7(15)4-3-6(11-5)8-9(10)14(2)13-12-8/h3-4,15H,10H2,1-2H3. The van der Waals surface area contributed by atoms with Crippen LogP contribution in [0.1, 0.15) is 5.69 Å². The number of pyridine rings is 1. The number of nitrogens with zero attached hydrogens (tertiary/aromatic N) is 4. The van der Waals surface area contributed by atoms with Crippen molar-refractivity contribution in [2.75, 3.05) is 5.73 Å². The van der Waals surface area contributed by atoms with Crippen molar-refractivity contribution in [3.05, 3.63) is 17.8 Å². The minimum atomic E-state index is 0.154. The molecule has 3 N–H and O–H groups in total. The number of hydrogen-bond donors (Lipinski definition) is 2. The number of aryl methyl sites for hydroxylation is 2. The molecule has 2 aromatic rings. The number of nitrogen functional groups attached to an aromatic ring is 1. The van der Waals surface area contributed by atoms with E-state index in [1.54, 1.807) is 26.1 Å². The highest BCUT2D eigenvalue weighted by Crippen LogP contribution is 2.23.